The molecule has 0 aromatic rings. The van der Waals surface area contributed by atoms with Crippen LogP contribution in [0.1, 0.15) is 33.1 Å². The molecule has 4 N–H and O–H groups in total. The molecule has 1 heterocycles. The van der Waals surface area contributed by atoms with E-state index in [2.05, 4.69) is 15.7 Å². The van der Waals surface area contributed by atoms with Crippen molar-refractivity contribution in [1.82, 2.24) is 15.6 Å². The zero-order valence-corrected chi connectivity index (χ0v) is 10.7. The first-order chi connectivity index (χ1) is 8.19. The smallest absolute Gasteiger partial charge is 0.244 e. The highest BCUT2D eigenvalue weighted by molar-refractivity contribution is 5.88. The van der Waals surface area contributed by atoms with Crippen molar-refractivity contribution in [2.24, 2.45) is 10.8 Å². The number of carbonyl (C=O) groups is 1. The lowest BCUT2D eigenvalue weighted by Crippen LogP contribution is -2.51. The van der Waals surface area contributed by atoms with Crippen LogP contribution < -0.4 is 16.6 Å². The van der Waals surface area contributed by atoms with E-state index in [1.54, 1.807) is 0 Å². The Morgan fingerprint density at radius 3 is 2.65 bits per heavy atom. The summed E-state index contributed by atoms with van der Waals surface area (Å²) in [6.45, 7) is 6.29. The van der Waals surface area contributed by atoms with Gasteiger partial charge in [0.15, 0.2) is 0 Å². The van der Waals surface area contributed by atoms with Crippen molar-refractivity contribution in [3.8, 4) is 0 Å². The summed E-state index contributed by atoms with van der Waals surface area (Å²) < 4.78 is 0. The van der Waals surface area contributed by atoms with Gasteiger partial charge in [0.2, 0.25) is 11.9 Å². The lowest BCUT2D eigenvalue weighted by atomic mass is 10.3. The second kappa shape index (κ2) is 7.11. The van der Waals surface area contributed by atoms with Crippen LogP contribution in [0.2, 0.25) is 0 Å². The van der Waals surface area contributed by atoms with E-state index < -0.39 is 0 Å². The van der Waals surface area contributed by atoms with Gasteiger partial charge in [-0.25, -0.2) is 5.84 Å². The van der Waals surface area contributed by atoms with Crippen molar-refractivity contribution in [2.45, 2.75) is 39.2 Å². The number of nitrogens with two attached hydrogens (primary N) is 1. The summed E-state index contributed by atoms with van der Waals surface area (Å²) in [6, 6.07) is -0.292. The number of likely N-dealkylation sites (tertiary alicyclic amines) is 1. The third-order valence-electron chi connectivity index (χ3n) is 2.77. The number of amides is 1. The van der Waals surface area contributed by atoms with Crippen LogP contribution in [0.4, 0.5) is 0 Å². The van der Waals surface area contributed by atoms with Crippen molar-refractivity contribution in [2.75, 3.05) is 19.6 Å². The van der Waals surface area contributed by atoms with Gasteiger partial charge in [-0.05, 0) is 26.2 Å². The fraction of sp³-hybridized carbons (Fsp3) is 0.818. The number of carbonyl (C=O) groups excluding carboxylic acids is 1. The van der Waals surface area contributed by atoms with Gasteiger partial charge in [0.25, 0.3) is 0 Å². The van der Waals surface area contributed by atoms with Gasteiger partial charge in [0.1, 0.15) is 6.04 Å². The fourth-order valence-corrected chi connectivity index (χ4v) is 1.83. The van der Waals surface area contributed by atoms with Crippen molar-refractivity contribution in [3.05, 3.63) is 0 Å². The highest BCUT2D eigenvalue weighted by Gasteiger charge is 2.23. The quantitative estimate of drug-likeness (QED) is 0.276. The molecule has 17 heavy (non-hydrogen) atoms. The van der Waals surface area contributed by atoms with E-state index in [9.17, 15) is 4.79 Å². The lowest BCUT2D eigenvalue weighted by Gasteiger charge is -2.22. The number of hydrogen-bond donors (Lipinski definition) is 3. The molecule has 0 aromatic heterocycles. The summed E-state index contributed by atoms with van der Waals surface area (Å²) in [5, 5.41) is 3.00. The molecule has 1 aliphatic rings. The summed E-state index contributed by atoms with van der Waals surface area (Å²) in [5.74, 6) is 5.94. The van der Waals surface area contributed by atoms with E-state index in [-0.39, 0.29) is 11.9 Å². The Labute approximate surface area is 103 Å². The molecule has 6 nitrogen and oxygen atoms in total. The maximum atomic E-state index is 12.0. The number of rotatable bonds is 4. The average molecular weight is 241 g/mol. The van der Waals surface area contributed by atoms with E-state index in [0.29, 0.717) is 12.5 Å². The number of guanidine groups is 1. The van der Waals surface area contributed by atoms with Gasteiger partial charge in [0.05, 0.1) is 0 Å². The van der Waals surface area contributed by atoms with Crippen LogP contribution in [0.25, 0.3) is 0 Å². The highest BCUT2D eigenvalue weighted by Crippen LogP contribution is 2.08. The molecule has 1 amide bonds. The number of nitrogens with zero attached hydrogens (tertiary/aromatic N) is 2. The van der Waals surface area contributed by atoms with Crippen LogP contribution in [-0.2, 0) is 4.79 Å². The van der Waals surface area contributed by atoms with Crippen LogP contribution in [0.5, 0.6) is 0 Å². The zero-order chi connectivity index (χ0) is 12.7. The van der Waals surface area contributed by atoms with Gasteiger partial charge in [-0.3, -0.25) is 15.2 Å². The predicted molar refractivity (Wildman–Crippen MR) is 68.3 cm³/mol. The molecule has 0 radical (unpaired) electrons. The number of hydrazine groups is 1. The molecule has 1 fully saturated rings. The minimum atomic E-state index is -0.292. The molecule has 6 heteroatoms. The highest BCUT2D eigenvalue weighted by atomic mass is 16.2. The van der Waals surface area contributed by atoms with Crippen molar-refractivity contribution in [3.63, 3.8) is 0 Å². The lowest BCUT2D eigenvalue weighted by molar-refractivity contribution is -0.131. The zero-order valence-electron chi connectivity index (χ0n) is 10.7. The number of hydrogen-bond acceptors (Lipinski definition) is 3. The molecule has 1 aliphatic heterocycles. The third-order valence-corrected chi connectivity index (χ3v) is 2.77. The van der Waals surface area contributed by atoms with Crippen LogP contribution in [0.3, 0.4) is 0 Å². The molecule has 98 valence electrons. The minimum Gasteiger partial charge on any atom is -0.344 e. The summed E-state index contributed by atoms with van der Waals surface area (Å²) in [6.07, 6.45) is 3.15. The fourth-order valence-electron chi connectivity index (χ4n) is 1.83. The molecule has 0 spiro atoms. The third kappa shape index (κ3) is 4.22. The molecule has 1 atom stereocenters. The van der Waals surface area contributed by atoms with E-state index >= 15 is 0 Å². The largest absolute Gasteiger partial charge is 0.344 e. The first-order valence-corrected chi connectivity index (χ1v) is 6.25. The molecule has 0 saturated carbocycles. The Hall–Kier alpha value is -1.30. The molecule has 1 unspecified atom stereocenters. The van der Waals surface area contributed by atoms with Crippen LogP contribution in [0.15, 0.2) is 4.99 Å². The van der Waals surface area contributed by atoms with Crippen LogP contribution in [-0.4, -0.2) is 42.4 Å². The van der Waals surface area contributed by atoms with Crippen molar-refractivity contribution < 1.29 is 4.79 Å². The van der Waals surface area contributed by atoms with Crippen molar-refractivity contribution in [1.29, 1.82) is 0 Å². The number of aliphatic imine (C=N–C) groups is 1. The molecule has 1 saturated heterocycles. The summed E-state index contributed by atoms with van der Waals surface area (Å²) in [5.41, 5.74) is 2.48. The Balaban J connectivity index is 2.45. The van der Waals surface area contributed by atoms with Gasteiger partial charge in [0, 0.05) is 19.6 Å². The minimum absolute atomic E-state index is 0.113. The molecular weight excluding hydrogens is 218 g/mol. The van der Waals surface area contributed by atoms with Crippen molar-refractivity contribution >= 4 is 11.9 Å². The average Bonchev–Trinajstić information content (AvgIpc) is 2.86. The first-order valence-electron chi connectivity index (χ1n) is 6.25. The van der Waals surface area contributed by atoms with Gasteiger partial charge in [-0.2, -0.15) is 0 Å². The van der Waals surface area contributed by atoms with Crippen LogP contribution >= 0.6 is 0 Å². The maximum Gasteiger partial charge on any atom is 0.244 e. The first kappa shape index (κ1) is 13.8. The Morgan fingerprint density at radius 2 is 2.12 bits per heavy atom. The Morgan fingerprint density at radius 1 is 1.47 bits per heavy atom. The predicted octanol–water partition coefficient (Wildman–Crippen LogP) is -0.184. The second-order valence-electron chi connectivity index (χ2n) is 4.27. The standard InChI is InChI=1S/C11H23N5O/c1-3-6-13-11(15-12)14-9(2)10(17)16-7-4-5-8-16/h9H,3-8,12H2,1-2H3,(H2,13,14,15). The normalized spacial score (nSPS) is 18.1. The van der Waals surface area contributed by atoms with E-state index in [0.717, 1.165) is 32.4 Å². The number of nitrogens with one attached hydrogen (secondary N) is 2. The molecular formula is C11H23N5O. The van der Waals surface area contributed by atoms with E-state index in [1.807, 2.05) is 18.7 Å². The van der Waals surface area contributed by atoms with Gasteiger partial charge >= 0.3 is 0 Å². The molecule has 0 aliphatic carbocycles. The topological polar surface area (TPSA) is 82.7 Å². The summed E-state index contributed by atoms with van der Waals surface area (Å²) in [4.78, 5) is 18.1. The molecule has 0 bridgehead atoms. The van der Waals surface area contributed by atoms with Gasteiger partial charge < -0.3 is 10.2 Å². The summed E-state index contributed by atoms with van der Waals surface area (Å²) >= 11 is 0. The van der Waals surface area contributed by atoms with Crippen LogP contribution in [0, 0.1) is 0 Å². The Kier molecular flexibility index (Phi) is 5.76. The molecule has 0 aromatic carbocycles. The summed E-state index contributed by atoms with van der Waals surface area (Å²) in [7, 11) is 0. The maximum absolute atomic E-state index is 12.0. The second-order valence-corrected chi connectivity index (χ2v) is 4.27. The van der Waals surface area contributed by atoms with Gasteiger partial charge in [-0.15, -0.1) is 0 Å². The van der Waals surface area contributed by atoms with Gasteiger partial charge in [-0.1, -0.05) is 6.92 Å². The molecule has 1 rings (SSSR count). The Bertz CT molecular complexity index is 273. The van der Waals surface area contributed by atoms with E-state index in [4.69, 9.17) is 5.84 Å². The SMILES string of the molecule is CCCN=C(NN)NC(C)C(=O)N1CCCC1. The monoisotopic (exact) mass is 241 g/mol. The van der Waals surface area contributed by atoms with E-state index in [1.165, 1.54) is 0 Å².